The van der Waals surface area contributed by atoms with E-state index in [9.17, 15) is 14.9 Å². The number of ether oxygens (including phenoxy) is 2. The molecule has 0 atom stereocenters. The van der Waals surface area contributed by atoms with Crippen LogP contribution in [-0.4, -0.2) is 37.3 Å². The van der Waals surface area contributed by atoms with E-state index >= 15 is 0 Å². The van der Waals surface area contributed by atoms with Crippen molar-refractivity contribution in [1.29, 1.82) is 0 Å². The van der Waals surface area contributed by atoms with Crippen LogP contribution in [0.15, 0.2) is 41.5 Å². The van der Waals surface area contributed by atoms with Gasteiger partial charge in [-0.1, -0.05) is 6.07 Å². The van der Waals surface area contributed by atoms with E-state index in [4.69, 9.17) is 9.47 Å². The van der Waals surface area contributed by atoms with Gasteiger partial charge in [0.1, 0.15) is 5.69 Å². The highest BCUT2D eigenvalue weighted by molar-refractivity contribution is 5.95. The van der Waals surface area contributed by atoms with Gasteiger partial charge in [-0.25, -0.2) is 5.43 Å². The maximum absolute atomic E-state index is 12.3. The van der Waals surface area contributed by atoms with Crippen molar-refractivity contribution in [2.24, 2.45) is 5.10 Å². The SMILES string of the molecule is CNc1ccc(/C=N/NC(=O)c2ccc(OC(C)C)c(OC)c2)cc1[N+](=O)[O-]. The normalized spacial score (nSPS) is 10.8. The van der Waals surface area contributed by atoms with Crippen LogP contribution >= 0.6 is 0 Å². The zero-order valence-corrected chi connectivity index (χ0v) is 16.1. The number of hydrogen-bond acceptors (Lipinski definition) is 7. The minimum Gasteiger partial charge on any atom is -0.493 e. The molecule has 0 saturated carbocycles. The van der Waals surface area contributed by atoms with E-state index in [-0.39, 0.29) is 11.8 Å². The summed E-state index contributed by atoms with van der Waals surface area (Å²) in [6, 6.07) is 9.38. The Morgan fingerprint density at radius 3 is 2.57 bits per heavy atom. The van der Waals surface area contributed by atoms with Crippen molar-refractivity contribution >= 4 is 23.5 Å². The molecule has 0 aliphatic carbocycles. The maximum atomic E-state index is 12.3. The summed E-state index contributed by atoms with van der Waals surface area (Å²) in [6.45, 7) is 3.78. The zero-order valence-electron chi connectivity index (χ0n) is 16.1. The molecule has 2 rings (SSSR count). The summed E-state index contributed by atoms with van der Waals surface area (Å²) < 4.78 is 10.9. The number of nitro groups is 1. The fourth-order valence-electron chi connectivity index (χ4n) is 2.38. The average molecular weight is 386 g/mol. The molecule has 0 unspecified atom stereocenters. The molecule has 0 aliphatic heterocycles. The third-order valence-corrected chi connectivity index (χ3v) is 3.66. The molecular formula is C19H22N4O5. The molecule has 9 nitrogen and oxygen atoms in total. The number of hydrogen-bond donors (Lipinski definition) is 2. The van der Waals surface area contributed by atoms with Crippen LogP contribution in [0.1, 0.15) is 29.8 Å². The Morgan fingerprint density at radius 2 is 1.96 bits per heavy atom. The highest BCUT2D eigenvalue weighted by Gasteiger charge is 2.13. The largest absolute Gasteiger partial charge is 0.493 e. The molecular weight excluding hydrogens is 364 g/mol. The molecule has 2 N–H and O–H groups in total. The second-order valence-corrected chi connectivity index (χ2v) is 6.02. The molecule has 2 aromatic carbocycles. The van der Waals surface area contributed by atoms with Crippen LogP contribution < -0.4 is 20.2 Å². The predicted octanol–water partition coefficient (Wildman–Crippen LogP) is 3.20. The lowest BCUT2D eigenvalue weighted by atomic mass is 10.2. The van der Waals surface area contributed by atoms with Crippen molar-refractivity contribution in [3.63, 3.8) is 0 Å². The second kappa shape index (κ2) is 9.36. The van der Waals surface area contributed by atoms with Crippen LogP contribution in [0, 0.1) is 10.1 Å². The number of benzene rings is 2. The molecule has 28 heavy (non-hydrogen) atoms. The van der Waals surface area contributed by atoms with Crippen molar-refractivity contribution in [2.45, 2.75) is 20.0 Å². The van der Waals surface area contributed by atoms with Gasteiger partial charge < -0.3 is 14.8 Å². The first kappa shape index (κ1) is 20.7. The highest BCUT2D eigenvalue weighted by atomic mass is 16.6. The van der Waals surface area contributed by atoms with Crippen molar-refractivity contribution in [3.8, 4) is 11.5 Å². The Morgan fingerprint density at radius 1 is 1.21 bits per heavy atom. The third-order valence-electron chi connectivity index (χ3n) is 3.66. The summed E-state index contributed by atoms with van der Waals surface area (Å²) in [4.78, 5) is 22.9. The summed E-state index contributed by atoms with van der Waals surface area (Å²) in [5.41, 5.74) is 3.51. The number of carbonyl (C=O) groups is 1. The summed E-state index contributed by atoms with van der Waals surface area (Å²) in [5.74, 6) is 0.519. The van der Waals surface area contributed by atoms with E-state index in [0.717, 1.165) is 0 Å². The van der Waals surface area contributed by atoms with Gasteiger partial charge in [-0.15, -0.1) is 0 Å². The standard InChI is InChI=1S/C19H22N4O5/c1-12(2)28-17-8-6-14(10-18(17)27-4)19(24)22-21-11-13-5-7-15(20-3)16(9-13)23(25)26/h5-12,20H,1-4H3,(H,22,24)/b21-11+. The van der Waals surface area contributed by atoms with Gasteiger partial charge in [0.2, 0.25) is 0 Å². The minimum atomic E-state index is -0.491. The van der Waals surface area contributed by atoms with E-state index < -0.39 is 10.8 Å². The number of anilines is 1. The van der Waals surface area contributed by atoms with Crippen molar-refractivity contribution < 1.29 is 19.2 Å². The van der Waals surface area contributed by atoms with Gasteiger partial charge in [-0.05, 0) is 38.1 Å². The van der Waals surface area contributed by atoms with Crippen LogP contribution in [0.25, 0.3) is 0 Å². The van der Waals surface area contributed by atoms with Crippen LogP contribution in [0.4, 0.5) is 11.4 Å². The number of nitrogens with one attached hydrogen (secondary N) is 2. The first-order valence-electron chi connectivity index (χ1n) is 8.50. The van der Waals surface area contributed by atoms with Crippen LogP contribution in [0.2, 0.25) is 0 Å². The summed E-state index contributed by atoms with van der Waals surface area (Å²) in [5, 5.41) is 17.7. The van der Waals surface area contributed by atoms with Crippen molar-refractivity contribution in [1.82, 2.24) is 5.43 Å². The number of amides is 1. The number of nitrogens with zero attached hydrogens (tertiary/aromatic N) is 2. The van der Waals surface area contributed by atoms with Crippen molar-refractivity contribution in [2.75, 3.05) is 19.5 Å². The van der Waals surface area contributed by atoms with E-state index in [1.807, 2.05) is 13.8 Å². The maximum Gasteiger partial charge on any atom is 0.292 e. The first-order valence-corrected chi connectivity index (χ1v) is 8.50. The Hall–Kier alpha value is -3.62. The number of rotatable bonds is 8. The molecule has 0 saturated heterocycles. The number of nitro benzene ring substituents is 1. The molecule has 148 valence electrons. The fraction of sp³-hybridized carbons (Fsp3) is 0.263. The van der Waals surface area contributed by atoms with E-state index in [1.165, 1.54) is 19.4 Å². The Kier molecular flexibility index (Phi) is 6.91. The molecule has 9 heteroatoms. The van der Waals surface area contributed by atoms with Gasteiger partial charge in [0.25, 0.3) is 11.6 Å². The summed E-state index contributed by atoms with van der Waals surface area (Å²) in [7, 11) is 3.09. The van der Waals surface area contributed by atoms with Crippen LogP contribution in [-0.2, 0) is 0 Å². The van der Waals surface area contributed by atoms with Gasteiger partial charge in [-0.3, -0.25) is 14.9 Å². The Labute approximate surface area is 162 Å². The third kappa shape index (κ3) is 5.19. The lowest BCUT2D eigenvalue weighted by Crippen LogP contribution is -2.18. The topological polar surface area (TPSA) is 115 Å². The highest BCUT2D eigenvalue weighted by Crippen LogP contribution is 2.29. The zero-order chi connectivity index (χ0) is 20.7. The summed E-state index contributed by atoms with van der Waals surface area (Å²) in [6.07, 6.45) is 1.30. The number of carbonyl (C=O) groups excluding carboxylic acids is 1. The minimum absolute atomic E-state index is 0.0310. The second-order valence-electron chi connectivity index (χ2n) is 6.02. The van der Waals surface area contributed by atoms with Crippen LogP contribution in [0.3, 0.4) is 0 Å². The van der Waals surface area contributed by atoms with E-state index in [2.05, 4.69) is 15.8 Å². The Bertz CT molecular complexity index is 896. The molecule has 0 heterocycles. The molecule has 0 aliphatic rings. The van der Waals surface area contributed by atoms with E-state index in [0.29, 0.717) is 28.3 Å². The van der Waals surface area contributed by atoms with Gasteiger partial charge in [0, 0.05) is 24.2 Å². The molecule has 0 radical (unpaired) electrons. The quantitative estimate of drug-likeness (QED) is 0.409. The van der Waals surface area contributed by atoms with E-state index in [1.54, 1.807) is 37.4 Å². The molecule has 1 amide bonds. The van der Waals surface area contributed by atoms with Gasteiger partial charge in [-0.2, -0.15) is 5.10 Å². The van der Waals surface area contributed by atoms with Gasteiger partial charge >= 0.3 is 0 Å². The van der Waals surface area contributed by atoms with Gasteiger partial charge in [0.15, 0.2) is 11.5 Å². The monoisotopic (exact) mass is 386 g/mol. The smallest absolute Gasteiger partial charge is 0.292 e. The molecule has 0 aromatic heterocycles. The Balaban J connectivity index is 2.11. The van der Waals surface area contributed by atoms with Gasteiger partial charge in [0.05, 0.1) is 24.4 Å². The first-order chi connectivity index (χ1) is 13.3. The molecule has 0 bridgehead atoms. The molecule has 0 fully saturated rings. The summed E-state index contributed by atoms with van der Waals surface area (Å²) >= 11 is 0. The lowest BCUT2D eigenvalue weighted by Gasteiger charge is -2.14. The van der Waals surface area contributed by atoms with Crippen LogP contribution in [0.5, 0.6) is 11.5 Å². The lowest BCUT2D eigenvalue weighted by molar-refractivity contribution is -0.383. The fourth-order valence-corrected chi connectivity index (χ4v) is 2.38. The van der Waals surface area contributed by atoms with Crippen molar-refractivity contribution in [3.05, 3.63) is 57.6 Å². The molecule has 2 aromatic rings. The number of methoxy groups -OCH3 is 1. The molecule has 0 spiro atoms. The average Bonchev–Trinajstić information content (AvgIpc) is 2.67. The predicted molar refractivity (Wildman–Crippen MR) is 106 cm³/mol. The number of hydrazone groups is 1.